The molecule has 0 radical (unpaired) electrons. The van der Waals surface area contributed by atoms with Crippen LogP contribution >= 0.6 is 0 Å². The Morgan fingerprint density at radius 1 is 1.03 bits per heavy atom. The molecule has 1 saturated heterocycles. The number of nitrogens with one attached hydrogen (secondary N) is 1. The highest BCUT2D eigenvalue weighted by Crippen LogP contribution is 2.23. The third kappa shape index (κ3) is 3.45. The molecule has 1 aromatic carbocycles. The zero-order chi connectivity index (χ0) is 20.7. The number of imidazole rings is 1. The van der Waals surface area contributed by atoms with Crippen molar-refractivity contribution in [2.45, 2.75) is 19.9 Å². The van der Waals surface area contributed by atoms with E-state index in [4.69, 9.17) is 0 Å². The van der Waals surface area contributed by atoms with Crippen LogP contribution in [-0.4, -0.2) is 50.6 Å². The molecule has 0 saturated carbocycles. The van der Waals surface area contributed by atoms with E-state index in [0.29, 0.717) is 6.42 Å². The highest BCUT2D eigenvalue weighted by atomic mass is 16.1. The van der Waals surface area contributed by atoms with Gasteiger partial charge in [0.05, 0.1) is 28.4 Å². The maximum absolute atomic E-state index is 12.1. The number of nitrogens with zero attached hydrogens (tertiary/aromatic N) is 5. The third-order valence-electron chi connectivity index (χ3n) is 6.06. The van der Waals surface area contributed by atoms with Crippen LogP contribution in [0.25, 0.3) is 22.1 Å². The van der Waals surface area contributed by atoms with Crippen molar-refractivity contribution in [2.75, 3.05) is 31.1 Å². The Morgan fingerprint density at radius 3 is 2.67 bits per heavy atom. The SMILES string of the molecule is CCc1cc2ncc(CN3CCN(c4ccc5c(c4)ncn5C)CC3)cc2[nH]c1=O. The minimum absolute atomic E-state index is 0.0116. The van der Waals surface area contributed by atoms with E-state index in [0.717, 1.165) is 65.9 Å². The minimum Gasteiger partial charge on any atom is -0.369 e. The first-order valence-corrected chi connectivity index (χ1v) is 10.5. The molecule has 1 aliphatic rings. The van der Waals surface area contributed by atoms with E-state index in [1.807, 2.05) is 37.1 Å². The average molecular weight is 403 g/mol. The lowest BCUT2D eigenvalue weighted by Crippen LogP contribution is -2.46. The number of aryl methyl sites for hydroxylation is 2. The highest BCUT2D eigenvalue weighted by Gasteiger charge is 2.18. The largest absolute Gasteiger partial charge is 0.369 e. The number of H-pyrrole nitrogens is 1. The summed E-state index contributed by atoms with van der Waals surface area (Å²) in [6.45, 7) is 6.77. The summed E-state index contributed by atoms with van der Waals surface area (Å²) in [6.07, 6.45) is 4.51. The average Bonchev–Trinajstić information content (AvgIpc) is 3.14. The summed E-state index contributed by atoms with van der Waals surface area (Å²) in [5.74, 6) is 0. The van der Waals surface area contributed by atoms with Gasteiger partial charge < -0.3 is 14.5 Å². The first-order chi connectivity index (χ1) is 14.6. The summed E-state index contributed by atoms with van der Waals surface area (Å²) < 4.78 is 2.05. The number of aromatic amines is 1. The van der Waals surface area contributed by atoms with E-state index in [1.165, 1.54) is 5.69 Å². The topological polar surface area (TPSA) is 70.1 Å². The van der Waals surface area contributed by atoms with Gasteiger partial charge >= 0.3 is 0 Å². The predicted octanol–water partition coefficient (Wildman–Crippen LogP) is 2.69. The molecule has 1 N–H and O–H groups in total. The predicted molar refractivity (Wildman–Crippen MR) is 120 cm³/mol. The van der Waals surface area contributed by atoms with Crippen molar-refractivity contribution in [1.82, 2.24) is 24.4 Å². The van der Waals surface area contributed by atoms with Crippen LogP contribution in [0.2, 0.25) is 0 Å². The van der Waals surface area contributed by atoms with Gasteiger partial charge in [0, 0.05) is 57.2 Å². The van der Waals surface area contributed by atoms with Crippen molar-refractivity contribution in [3.8, 4) is 0 Å². The molecule has 0 bridgehead atoms. The lowest BCUT2D eigenvalue weighted by Gasteiger charge is -2.36. The Kier molecular flexibility index (Phi) is 4.75. The molecule has 4 aromatic rings. The van der Waals surface area contributed by atoms with Crippen LogP contribution in [0.5, 0.6) is 0 Å². The lowest BCUT2D eigenvalue weighted by molar-refractivity contribution is 0.250. The maximum atomic E-state index is 12.1. The first kappa shape index (κ1) is 18.8. The Hall–Kier alpha value is -3.19. The van der Waals surface area contributed by atoms with Gasteiger partial charge in [-0.05, 0) is 42.3 Å². The lowest BCUT2D eigenvalue weighted by atomic mass is 10.1. The van der Waals surface area contributed by atoms with Crippen molar-refractivity contribution in [3.05, 3.63) is 64.3 Å². The fourth-order valence-corrected chi connectivity index (χ4v) is 4.26. The fraction of sp³-hybridized carbons (Fsp3) is 0.348. The zero-order valence-corrected chi connectivity index (χ0v) is 17.4. The Bertz CT molecular complexity index is 1270. The monoisotopic (exact) mass is 402 g/mol. The number of pyridine rings is 2. The zero-order valence-electron chi connectivity index (χ0n) is 17.4. The molecule has 154 valence electrons. The molecular weight excluding hydrogens is 376 g/mol. The molecule has 7 nitrogen and oxygen atoms in total. The Morgan fingerprint density at radius 2 is 1.87 bits per heavy atom. The van der Waals surface area contributed by atoms with E-state index in [2.05, 4.69) is 49.0 Å². The summed E-state index contributed by atoms with van der Waals surface area (Å²) in [5.41, 5.74) is 7.00. The number of hydrogen-bond donors (Lipinski definition) is 1. The maximum Gasteiger partial charge on any atom is 0.251 e. The number of fused-ring (bicyclic) bond motifs is 2. The number of benzene rings is 1. The summed E-state index contributed by atoms with van der Waals surface area (Å²) in [4.78, 5) is 29.0. The van der Waals surface area contributed by atoms with Crippen LogP contribution in [0.1, 0.15) is 18.1 Å². The molecule has 0 amide bonds. The molecule has 5 rings (SSSR count). The van der Waals surface area contributed by atoms with Crippen LogP contribution in [-0.2, 0) is 20.0 Å². The van der Waals surface area contributed by atoms with Crippen molar-refractivity contribution in [2.24, 2.45) is 7.05 Å². The Labute approximate surface area is 175 Å². The molecule has 0 spiro atoms. The van der Waals surface area contributed by atoms with E-state index in [9.17, 15) is 4.79 Å². The van der Waals surface area contributed by atoms with Gasteiger partial charge in [0.2, 0.25) is 0 Å². The number of aromatic nitrogens is 4. The molecular formula is C23H26N6O. The van der Waals surface area contributed by atoms with E-state index >= 15 is 0 Å². The fourth-order valence-electron chi connectivity index (χ4n) is 4.26. The van der Waals surface area contributed by atoms with E-state index in [-0.39, 0.29) is 5.56 Å². The minimum atomic E-state index is -0.0116. The smallest absolute Gasteiger partial charge is 0.251 e. The van der Waals surface area contributed by atoms with Gasteiger partial charge in [-0.1, -0.05) is 6.92 Å². The van der Waals surface area contributed by atoms with Gasteiger partial charge in [-0.3, -0.25) is 14.7 Å². The molecule has 0 unspecified atom stereocenters. The molecule has 3 aromatic heterocycles. The summed E-state index contributed by atoms with van der Waals surface area (Å²) in [5, 5.41) is 0. The van der Waals surface area contributed by atoms with Crippen molar-refractivity contribution < 1.29 is 0 Å². The molecule has 0 atom stereocenters. The van der Waals surface area contributed by atoms with E-state index in [1.54, 1.807) is 0 Å². The number of piperazine rings is 1. The third-order valence-corrected chi connectivity index (χ3v) is 6.06. The number of anilines is 1. The normalized spacial score (nSPS) is 15.3. The van der Waals surface area contributed by atoms with Gasteiger partial charge in [0.1, 0.15) is 0 Å². The van der Waals surface area contributed by atoms with Gasteiger partial charge in [-0.15, -0.1) is 0 Å². The number of hydrogen-bond acceptors (Lipinski definition) is 5. The molecule has 30 heavy (non-hydrogen) atoms. The van der Waals surface area contributed by atoms with Crippen LogP contribution in [0.3, 0.4) is 0 Å². The second-order valence-corrected chi connectivity index (χ2v) is 8.05. The second-order valence-electron chi connectivity index (χ2n) is 8.05. The second kappa shape index (κ2) is 7.57. The first-order valence-electron chi connectivity index (χ1n) is 10.5. The van der Waals surface area contributed by atoms with Gasteiger partial charge in [-0.25, -0.2) is 4.98 Å². The molecule has 7 heteroatoms. The summed E-state index contributed by atoms with van der Waals surface area (Å²) >= 11 is 0. The van der Waals surface area contributed by atoms with Gasteiger partial charge in [0.25, 0.3) is 5.56 Å². The van der Waals surface area contributed by atoms with Gasteiger partial charge in [0.15, 0.2) is 0 Å². The van der Waals surface area contributed by atoms with Crippen LogP contribution in [0.15, 0.2) is 47.7 Å². The standard InChI is InChI=1S/C23H26N6O/c1-3-17-11-19-20(26-23(17)30)10-16(13-24-19)14-28-6-8-29(9-7-28)18-4-5-22-21(12-18)25-15-27(22)2/h4-5,10-13,15H,3,6-9,14H2,1-2H3,(H,26,30). The van der Waals surface area contributed by atoms with E-state index < -0.39 is 0 Å². The molecule has 4 heterocycles. The van der Waals surface area contributed by atoms with Crippen molar-refractivity contribution in [1.29, 1.82) is 0 Å². The van der Waals surface area contributed by atoms with Gasteiger partial charge in [-0.2, -0.15) is 0 Å². The van der Waals surface area contributed by atoms with Crippen LogP contribution in [0.4, 0.5) is 5.69 Å². The molecule has 1 aliphatic heterocycles. The summed E-state index contributed by atoms with van der Waals surface area (Å²) in [7, 11) is 2.02. The highest BCUT2D eigenvalue weighted by molar-refractivity contribution is 5.79. The van der Waals surface area contributed by atoms with Crippen molar-refractivity contribution >= 4 is 27.8 Å². The molecule has 1 fully saturated rings. The number of rotatable bonds is 4. The molecule has 0 aliphatic carbocycles. The summed E-state index contributed by atoms with van der Waals surface area (Å²) in [6, 6.07) is 10.5. The van der Waals surface area contributed by atoms with Crippen LogP contribution < -0.4 is 10.5 Å². The van der Waals surface area contributed by atoms with Crippen molar-refractivity contribution in [3.63, 3.8) is 0 Å². The quantitative estimate of drug-likeness (QED) is 0.568. The Balaban J connectivity index is 1.26. The van der Waals surface area contributed by atoms with Crippen LogP contribution in [0, 0.1) is 0 Å².